The van der Waals surface area contributed by atoms with Crippen molar-refractivity contribution in [2.45, 2.75) is 25.8 Å². The Morgan fingerprint density at radius 2 is 1.96 bits per heavy atom. The smallest absolute Gasteiger partial charge is 0.220 e. The number of benzene rings is 1. The second-order valence-electron chi connectivity index (χ2n) is 5.18. The first-order valence-corrected chi connectivity index (χ1v) is 7.59. The van der Waals surface area contributed by atoms with Gasteiger partial charge in [-0.1, -0.05) is 12.1 Å². The molecule has 1 aromatic carbocycles. The molecule has 0 aliphatic heterocycles. The van der Waals surface area contributed by atoms with Crippen LogP contribution in [0.15, 0.2) is 42.7 Å². The Kier molecular flexibility index (Phi) is 6.41. The molecule has 1 N–H and O–H groups in total. The second-order valence-corrected chi connectivity index (χ2v) is 5.18. The Bertz CT molecular complexity index is 629. The van der Waals surface area contributed by atoms with E-state index in [1.54, 1.807) is 26.6 Å². The fourth-order valence-electron chi connectivity index (χ4n) is 2.28. The number of aryl methyl sites for hydroxylation is 1. The van der Waals surface area contributed by atoms with Crippen molar-refractivity contribution < 1.29 is 14.3 Å². The lowest BCUT2D eigenvalue weighted by Crippen LogP contribution is -2.22. The average Bonchev–Trinajstić information content (AvgIpc) is 2.60. The van der Waals surface area contributed by atoms with Crippen molar-refractivity contribution in [1.82, 2.24) is 10.3 Å². The highest BCUT2D eigenvalue weighted by atomic mass is 16.5. The van der Waals surface area contributed by atoms with Gasteiger partial charge in [0.05, 0.1) is 14.2 Å². The molecule has 0 spiro atoms. The highest BCUT2D eigenvalue weighted by Crippen LogP contribution is 2.28. The standard InChI is InChI=1S/C18H22N2O3/c1-22-16-9-8-14(11-17(16)23-2)5-3-7-18(21)20-13-15-6-4-10-19-12-15/h4,6,8-12H,3,5,7,13H2,1-2H3,(H,20,21). The molecule has 1 amide bonds. The number of ether oxygens (including phenoxy) is 2. The Hall–Kier alpha value is -2.56. The fourth-order valence-corrected chi connectivity index (χ4v) is 2.28. The topological polar surface area (TPSA) is 60.5 Å². The van der Waals surface area contributed by atoms with Gasteiger partial charge >= 0.3 is 0 Å². The molecule has 0 saturated carbocycles. The third-order valence-electron chi connectivity index (χ3n) is 3.53. The van der Waals surface area contributed by atoms with Crippen LogP contribution in [-0.2, 0) is 17.8 Å². The van der Waals surface area contributed by atoms with Gasteiger partial charge in [0.25, 0.3) is 0 Å². The summed E-state index contributed by atoms with van der Waals surface area (Å²) in [7, 11) is 3.23. The Balaban J connectivity index is 1.75. The molecule has 0 unspecified atom stereocenters. The lowest BCUT2D eigenvalue weighted by Gasteiger charge is -2.09. The second kappa shape index (κ2) is 8.78. The minimum atomic E-state index is 0.0503. The van der Waals surface area contributed by atoms with Crippen LogP contribution in [0.2, 0.25) is 0 Å². The summed E-state index contributed by atoms with van der Waals surface area (Å²) in [6, 6.07) is 9.63. The van der Waals surface area contributed by atoms with Gasteiger partial charge in [-0.2, -0.15) is 0 Å². The van der Waals surface area contributed by atoms with Crippen LogP contribution in [0.5, 0.6) is 11.5 Å². The first kappa shape index (κ1) is 16.8. The van der Waals surface area contributed by atoms with Crippen LogP contribution in [0.3, 0.4) is 0 Å². The summed E-state index contributed by atoms with van der Waals surface area (Å²) in [6.07, 6.45) is 5.57. The number of methoxy groups -OCH3 is 2. The molecule has 0 bridgehead atoms. The van der Waals surface area contributed by atoms with Crippen LogP contribution in [0.25, 0.3) is 0 Å². The molecule has 2 rings (SSSR count). The van der Waals surface area contributed by atoms with E-state index in [0.29, 0.717) is 24.5 Å². The normalized spacial score (nSPS) is 10.2. The lowest BCUT2D eigenvalue weighted by atomic mass is 10.1. The fraction of sp³-hybridized carbons (Fsp3) is 0.333. The minimum Gasteiger partial charge on any atom is -0.493 e. The quantitative estimate of drug-likeness (QED) is 0.814. The maximum Gasteiger partial charge on any atom is 0.220 e. The lowest BCUT2D eigenvalue weighted by molar-refractivity contribution is -0.121. The molecule has 1 heterocycles. The predicted octanol–water partition coefficient (Wildman–Crippen LogP) is 2.74. The number of pyridine rings is 1. The van der Waals surface area contributed by atoms with E-state index in [-0.39, 0.29) is 5.91 Å². The number of hydrogen-bond acceptors (Lipinski definition) is 4. The van der Waals surface area contributed by atoms with Crippen molar-refractivity contribution in [2.24, 2.45) is 0 Å². The van der Waals surface area contributed by atoms with E-state index < -0.39 is 0 Å². The molecule has 23 heavy (non-hydrogen) atoms. The SMILES string of the molecule is COc1ccc(CCCC(=O)NCc2cccnc2)cc1OC. The van der Waals surface area contributed by atoms with Gasteiger partial charge in [-0.15, -0.1) is 0 Å². The van der Waals surface area contributed by atoms with E-state index in [0.717, 1.165) is 24.0 Å². The maximum atomic E-state index is 11.9. The van der Waals surface area contributed by atoms with Crippen LogP contribution in [0, 0.1) is 0 Å². The van der Waals surface area contributed by atoms with Crippen LogP contribution in [-0.4, -0.2) is 25.1 Å². The molecule has 0 atom stereocenters. The number of rotatable bonds is 8. The minimum absolute atomic E-state index is 0.0503. The van der Waals surface area contributed by atoms with Crippen molar-refractivity contribution in [2.75, 3.05) is 14.2 Å². The molecular formula is C18H22N2O3. The number of carbonyl (C=O) groups excluding carboxylic acids is 1. The highest BCUT2D eigenvalue weighted by molar-refractivity contribution is 5.75. The zero-order valence-electron chi connectivity index (χ0n) is 13.5. The predicted molar refractivity (Wildman–Crippen MR) is 88.6 cm³/mol. The van der Waals surface area contributed by atoms with E-state index in [4.69, 9.17) is 9.47 Å². The van der Waals surface area contributed by atoms with Crippen molar-refractivity contribution in [1.29, 1.82) is 0 Å². The van der Waals surface area contributed by atoms with E-state index in [2.05, 4.69) is 10.3 Å². The van der Waals surface area contributed by atoms with Gasteiger partial charge in [-0.3, -0.25) is 9.78 Å². The van der Waals surface area contributed by atoms with E-state index >= 15 is 0 Å². The Labute approximate surface area is 136 Å². The first-order valence-electron chi connectivity index (χ1n) is 7.59. The van der Waals surface area contributed by atoms with Crippen LogP contribution >= 0.6 is 0 Å². The number of amides is 1. The van der Waals surface area contributed by atoms with Crippen molar-refractivity contribution in [3.63, 3.8) is 0 Å². The summed E-state index contributed by atoms with van der Waals surface area (Å²) < 4.78 is 10.5. The summed E-state index contributed by atoms with van der Waals surface area (Å²) >= 11 is 0. The van der Waals surface area contributed by atoms with Gasteiger partial charge in [0.1, 0.15) is 0 Å². The Morgan fingerprint density at radius 3 is 2.65 bits per heavy atom. The summed E-state index contributed by atoms with van der Waals surface area (Å²) in [5.41, 5.74) is 2.13. The van der Waals surface area contributed by atoms with Gasteiger partial charge in [0, 0.05) is 25.4 Å². The molecule has 0 fully saturated rings. The van der Waals surface area contributed by atoms with E-state index in [1.807, 2.05) is 30.3 Å². The molecule has 2 aromatic rings. The number of aromatic nitrogens is 1. The zero-order valence-corrected chi connectivity index (χ0v) is 13.5. The maximum absolute atomic E-state index is 11.9. The summed E-state index contributed by atoms with van der Waals surface area (Å²) in [5.74, 6) is 1.48. The molecule has 5 nitrogen and oxygen atoms in total. The van der Waals surface area contributed by atoms with Gasteiger partial charge in [0.15, 0.2) is 11.5 Å². The van der Waals surface area contributed by atoms with Gasteiger partial charge < -0.3 is 14.8 Å². The number of carbonyl (C=O) groups is 1. The largest absolute Gasteiger partial charge is 0.493 e. The summed E-state index contributed by atoms with van der Waals surface area (Å²) in [6.45, 7) is 0.517. The third kappa shape index (κ3) is 5.29. The summed E-state index contributed by atoms with van der Waals surface area (Å²) in [4.78, 5) is 15.9. The van der Waals surface area contributed by atoms with E-state index in [1.165, 1.54) is 0 Å². The van der Waals surface area contributed by atoms with Crippen molar-refractivity contribution in [3.05, 3.63) is 53.9 Å². The molecule has 0 saturated heterocycles. The highest BCUT2D eigenvalue weighted by Gasteiger charge is 2.06. The van der Waals surface area contributed by atoms with Gasteiger partial charge in [-0.25, -0.2) is 0 Å². The number of hydrogen-bond donors (Lipinski definition) is 1. The molecular weight excluding hydrogens is 292 g/mol. The molecule has 0 radical (unpaired) electrons. The zero-order chi connectivity index (χ0) is 16.5. The molecule has 1 aromatic heterocycles. The first-order chi connectivity index (χ1) is 11.2. The van der Waals surface area contributed by atoms with Gasteiger partial charge in [-0.05, 0) is 42.2 Å². The number of nitrogens with one attached hydrogen (secondary N) is 1. The monoisotopic (exact) mass is 314 g/mol. The average molecular weight is 314 g/mol. The molecule has 0 aliphatic rings. The molecule has 122 valence electrons. The third-order valence-corrected chi connectivity index (χ3v) is 3.53. The van der Waals surface area contributed by atoms with Crippen LogP contribution in [0.4, 0.5) is 0 Å². The Morgan fingerprint density at radius 1 is 1.13 bits per heavy atom. The van der Waals surface area contributed by atoms with Crippen LogP contribution in [0.1, 0.15) is 24.0 Å². The molecule has 5 heteroatoms. The van der Waals surface area contributed by atoms with Crippen LogP contribution < -0.4 is 14.8 Å². The number of nitrogens with zero attached hydrogens (tertiary/aromatic N) is 1. The van der Waals surface area contributed by atoms with Gasteiger partial charge in [0.2, 0.25) is 5.91 Å². The van der Waals surface area contributed by atoms with Crippen molar-refractivity contribution in [3.8, 4) is 11.5 Å². The summed E-state index contributed by atoms with van der Waals surface area (Å²) in [5, 5.41) is 2.90. The van der Waals surface area contributed by atoms with Crippen molar-refractivity contribution >= 4 is 5.91 Å². The van der Waals surface area contributed by atoms with E-state index in [9.17, 15) is 4.79 Å². The molecule has 0 aliphatic carbocycles.